The van der Waals surface area contributed by atoms with Crippen LogP contribution in [0.15, 0.2) is 90.3 Å². The summed E-state index contributed by atoms with van der Waals surface area (Å²) in [7, 11) is 0. The predicted molar refractivity (Wildman–Crippen MR) is 126 cm³/mol. The van der Waals surface area contributed by atoms with Crippen molar-refractivity contribution < 1.29 is 9.18 Å². The van der Waals surface area contributed by atoms with Crippen LogP contribution in [0.25, 0.3) is 27.8 Å². The molecule has 8 nitrogen and oxygen atoms in total. The number of hydrazone groups is 1. The van der Waals surface area contributed by atoms with Crippen molar-refractivity contribution in [3.05, 3.63) is 102 Å². The third-order valence-corrected chi connectivity index (χ3v) is 5.30. The molecule has 5 rings (SSSR count). The topological polar surface area (TPSA) is 98.0 Å². The van der Waals surface area contributed by atoms with Crippen molar-refractivity contribution >= 4 is 22.5 Å². The van der Waals surface area contributed by atoms with Crippen molar-refractivity contribution in [1.29, 1.82) is 0 Å². The Morgan fingerprint density at radius 3 is 2.62 bits per heavy atom. The van der Waals surface area contributed by atoms with E-state index in [2.05, 4.69) is 31.0 Å². The minimum atomic E-state index is -0.377. The molecule has 2 heterocycles. The summed E-state index contributed by atoms with van der Waals surface area (Å²) in [5, 5.41) is 16.2. The highest BCUT2D eigenvalue weighted by molar-refractivity contribution is 6.08. The van der Waals surface area contributed by atoms with Gasteiger partial charge < -0.3 is 0 Å². The van der Waals surface area contributed by atoms with E-state index in [0.29, 0.717) is 33.4 Å². The number of halogens is 1. The zero-order chi connectivity index (χ0) is 23.5. The van der Waals surface area contributed by atoms with Gasteiger partial charge >= 0.3 is 0 Å². The summed E-state index contributed by atoms with van der Waals surface area (Å²) in [6, 6.07) is 22.5. The van der Waals surface area contributed by atoms with E-state index in [-0.39, 0.29) is 11.7 Å². The fourth-order valence-corrected chi connectivity index (χ4v) is 3.54. The molecule has 0 unspecified atom stereocenters. The van der Waals surface area contributed by atoms with Crippen molar-refractivity contribution in [3.63, 3.8) is 0 Å². The first kappa shape index (κ1) is 21.1. The number of benzene rings is 3. The second kappa shape index (κ2) is 8.99. The zero-order valence-electron chi connectivity index (χ0n) is 18.1. The number of carbonyl (C=O) groups is 1. The summed E-state index contributed by atoms with van der Waals surface area (Å²) < 4.78 is 14.9. The number of nitrogens with zero attached hydrogens (tertiary/aromatic N) is 6. The van der Waals surface area contributed by atoms with Crippen LogP contribution >= 0.6 is 0 Å². The third kappa shape index (κ3) is 4.26. The second-order valence-corrected chi connectivity index (χ2v) is 7.52. The molecule has 0 saturated heterocycles. The number of carbonyl (C=O) groups excluding carboxylic acids is 1. The predicted octanol–water partition coefficient (Wildman–Crippen LogP) is 4.17. The molecule has 34 heavy (non-hydrogen) atoms. The molecular formula is C25H18FN7O. The number of nitrogens with one attached hydrogen (secondary N) is 1. The molecule has 3 aromatic carbocycles. The molecule has 0 fully saturated rings. The van der Waals surface area contributed by atoms with Crippen LogP contribution in [0.2, 0.25) is 0 Å². The summed E-state index contributed by atoms with van der Waals surface area (Å²) in [5.74, 6) is -0.714. The summed E-state index contributed by atoms with van der Waals surface area (Å²) in [5.41, 5.74) is 7.19. The van der Waals surface area contributed by atoms with Gasteiger partial charge in [-0.25, -0.2) is 19.5 Å². The highest BCUT2D eigenvalue weighted by Gasteiger charge is 2.14. The standard InChI is InChI=1S/C25H18FN7O/c1-16(18-5-4-6-20(13-18)33-15-27-31-32-33)29-30-25(34)22-14-24(17-9-11-19(26)12-10-17)28-23-8-3-2-7-21(22)23/h2-15H,1H3,(H,30,34)/b29-16+. The molecule has 166 valence electrons. The molecule has 0 aliphatic heterocycles. The Balaban J connectivity index is 1.46. The molecule has 1 N–H and O–H groups in total. The zero-order valence-corrected chi connectivity index (χ0v) is 18.1. The van der Waals surface area contributed by atoms with Crippen LogP contribution in [0.5, 0.6) is 0 Å². The van der Waals surface area contributed by atoms with E-state index in [1.165, 1.54) is 23.1 Å². The van der Waals surface area contributed by atoms with E-state index in [1.807, 2.05) is 48.5 Å². The Morgan fingerprint density at radius 1 is 1.00 bits per heavy atom. The first-order chi connectivity index (χ1) is 16.6. The molecule has 1 amide bonds. The average molecular weight is 451 g/mol. The van der Waals surface area contributed by atoms with Crippen LogP contribution in [0.3, 0.4) is 0 Å². The molecule has 0 saturated carbocycles. The molecule has 0 aliphatic rings. The monoisotopic (exact) mass is 451 g/mol. The van der Waals surface area contributed by atoms with Crippen LogP contribution in [-0.2, 0) is 0 Å². The van der Waals surface area contributed by atoms with Gasteiger partial charge in [0.2, 0.25) is 0 Å². The first-order valence-corrected chi connectivity index (χ1v) is 10.4. The van der Waals surface area contributed by atoms with Gasteiger partial charge in [0.05, 0.1) is 28.2 Å². The minimum absolute atomic E-state index is 0.337. The van der Waals surface area contributed by atoms with E-state index in [9.17, 15) is 9.18 Å². The Kier molecular flexibility index (Phi) is 5.57. The van der Waals surface area contributed by atoms with E-state index in [0.717, 1.165) is 11.3 Å². The van der Waals surface area contributed by atoms with Gasteiger partial charge in [-0.1, -0.05) is 30.3 Å². The summed E-state index contributed by atoms with van der Waals surface area (Å²) >= 11 is 0. The number of rotatable bonds is 5. The lowest BCUT2D eigenvalue weighted by Gasteiger charge is -2.10. The number of tetrazole rings is 1. The maximum absolute atomic E-state index is 13.4. The van der Waals surface area contributed by atoms with Gasteiger partial charge in [-0.2, -0.15) is 5.10 Å². The van der Waals surface area contributed by atoms with Crippen LogP contribution in [0.4, 0.5) is 4.39 Å². The van der Waals surface area contributed by atoms with Gasteiger partial charge in [-0.3, -0.25) is 4.79 Å². The van der Waals surface area contributed by atoms with Gasteiger partial charge in [-0.15, -0.1) is 5.10 Å². The SMILES string of the molecule is C/C(=N\NC(=O)c1cc(-c2ccc(F)cc2)nc2ccccc12)c1cccc(-n2cnnn2)c1. The van der Waals surface area contributed by atoms with Crippen molar-refractivity contribution in [1.82, 2.24) is 30.6 Å². The van der Waals surface area contributed by atoms with Crippen LogP contribution in [-0.4, -0.2) is 36.8 Å². The first-order valence-electron chi connectivity index (χ1n) is 10.4. The maximum atomic E-state index is 13.4. The lowest BCUT2D eigenvalue weighted by atomic mass is 10.0. The van der Waals surface area contributed by atoms with Crippen molar-refractivity contribution in [3.8, 4) is 16.9 Å². The summed E-state index contributed by atoms with van der Waals surface area (Å²) in [6.07, 6.45) is 1.50. The van der Waals surface area contributed by atoms with Crippen LogP contribution < -0.4 is 5.43 Å². The van der Waals surface area contributed by atoms with Gasteiger partial charge in [0.1, 0.15) is 12.1 Å². The van der Waals surface area contributed by atoms with E-state index >= 15 is 0 Å². The van der Waals surface area contributed by atoms with Gasteiger partial charge in [0.15, 0.2) is 0 Å². The van der Waals surface area contributed by atoms with Crippen molar-refractivity contribution in [2.45, 2.75) is 6.92 Å². The number of amides is 1. The number of aromatic nitrogens is 5. The molecule has 0 atom stereocenters. The highest BCUT2D eigenvalue weighted by Crippen LogP contribution is 2.25. The lowest BCUT2D eigenvalue weighted by Crippen LogP contribution is -2.20. The molecule has 5 aromatic rings. The Morgan fingerprint density at radius 2 is 1.82 bits per heavy atom. The number of hydrogen-bond acceptors (Lipinski definition) is 6. The number of pyridine rings is 1. The molecular weight excluding hydrogens is 433 g/mol. The average Bonchev–Trinajstić information content (AvgIpc) is 3.42. The second-order valence-electron chi connectivity index (χ2n) is 7.52. The number of hydrogen-bond donors (Lipinski definition) is 1. The molecule has 0 bridgehead atoms. The van der Waals surface area contributed by atoms with Gasteiger partial charge in [-0.05, 0) is 71.4 Å². The van der Waals surface area contributed by atoms with E-state index < -0.39 is 0 Å². The quantitative estimate of drug-likeness (QED) is 0.319. The molecule has 9 heteroatoms. The molecule has 2 aromatic heterocycles. The maximum Gasteiger partial charge on any atom is 0.272 e. The normalized spacial score (nSPS) is 11.5. The summed E-state index contributed by atoms with van der Waals surface area (Å²) in [4.78, 5) is 17.8. The highest BCUT2D eigenvalue weighted by atomic mass is 19.1. The number of para-hydroxylation sites is 1. The van der Waals surface area contributed by atoms with Crippen LogP contribution in [0, 0.1) is 5.82 Å². The van der Waals surface area contributed by atoms with E-state index in [4.69, 9.17) is 0 Å². The van der Waals surface area contributed by atoms with Gasteiger partial charge in [0, 0.05) is 10.9 Å². The fraction of sp³-hybridized carbons (Fsp3) is 0.0400. The summed E-state index contributed by atoms with van der Waals surface area (Å²) in [6.45, 7) is 1.80. The minimum Gasteiger partial charge on any atom is -0.267 e. The van der Waals surface area contributed by atoms with Gasteiger partial charge in [0.25, 0.3) is 5.91 Å². The number of fused-ring (bicyclic) bond motifs is 1. The van der Waals surface area contributed by atoms with Crippen LogP contribution in [0.1, 0.15) is 22.8 Å². The Hall–Kier alpha value is -4.79. The molecule has 0 spiro atoms. The Labute approximate surface area is 193 Å². The Bertz CT molecular complexity index is 1510. The molecule has 0 radical (unpaired) electrons. The fourth-order valence-electron chi connectivity index (χ4n) is 3.54. The lowest BCUT2D eigenvalue weighted by molar-refractivity contribution is 0.0956. The van der Waals surface area contributed by atoms with Crippen molar-refractivity contribution in [2.75, 3.05) is 0 Å². The van der Waals surface area contributed by atoms with Crippen molar-refractivity contribution in [2.24, 2.45) is 5.10 Å². The largest absolute Gasteiger partial charge is 0.272 e. The molecule has 0 aliphatic carbocycles. The third-order valence-electron chi connectivity index (χ3n) is 5.30. The van der Waals surface area contributed by atoms with E-state index in [1.54, 1.807) is 25.1 Å². The smallest absolute Gasteiger partial charge is 0.267 e.